The van der Waals surface area contributed by atoms with E-state index in [9.17, 15) is 19.8 Å². The molecule has 0 bridgehead atoms. The average Bonchev–Trinajstić information content (AvgIpc) is 3.35. The second-order valence-corrected chi connectivity index (χ2v) is 8.74. The molecule has 0 radical (unpaired) electrons. The van der Waals surface area contributed by atoms with Gasteiger partial charge in [0.2, 0.25) is 5.91 Å². The van der Waals surface area contributed by atoms with Gasteiger partial charge in [0.1, 0.15) is 24.0 Å². The quantitative estimate of drug-likeness (QED) is 0.443. The number of imidazole rings is 1. The van der Waals surface area contributed by atoms with Gasteiger partial charge < -0.3 is 26.4 Å². The van der Waals surface area contributed by atoms with E-state index in [0.29, 0.717) is 24.1 Å². The summed E-state index contributed by atoms with van der Waals surface area (Å²) in [5, 5.41) is 21.1. The third-order valence-electron chi connectivity index (χ3n) is 5.63. The predicted octanol–water partition coefficient (Wildman–Crippen LogP) is 0.751. The lowest BCUT2D eigenvalue weighted by Gasteiger charge is -2.32. The summed E-state index contributed by atoms with van der Waals surface area (Å²) in [6.07, 6.45) is 2.02. The lowest BCUT2D eigenvalue weighted by Crippen LogP contribution is -2.49. The van der Waals surface area contributed by atoms with Crippen LogP contribution in [0.4, 0.5) is 5.82 Å². The fourth-order valence-corrected chi connectivity index (χ4v) is 5.25. The van der Waals surface area contributed by atoms with Gasteiger partial charge in [0.15, 0.2) is 23.8 Å². The molecule has 0 aromatic carbocycles. The summed E-state index contributed by atoms with van der Waals surface area (Å²) in [7, 11) is 0. The molecule has 0 spiro atoms. The largest absolute Gasteiger partial charge is 0.479 e. The van der Waals surface area contributed by atoms with Crippen molar-refractivity contribution in [2.75, 3.05) is 5.73 Å². The highest BCUT2D eigenvalue weighted by Crippen LogP contribution is 2.41. The lowest BCUT2D eigenvalue weighted by molar-refractivity contribution is -0.153. The van der Waals surface area contributed by atoms with Crippen molar-refractivity contribution in [3.05, 3.63) is 23.3 Å². The van der Waals surface area contributed by atoms with Crippen LogP contribution in [0.15, 0.2) is 23.3 Å². The average molecular weight is 464 g/mol. The van der Waals surface area contributed by atoms with Gasteiger partial charge in [-0.25, -0.2) is 19.7 Å². The maximum absolute atomic E-state index is 12.9. The summed E-state index contributed by atoms with van der Waals surface area (Å²) in [5.41, 5.74) is 13.2. The van der Waals surface area contributed by atoms with Crippen LogP contribution in [0.3, 0.4) is 0 Å². The van der Waals surface area contributed by atoms with Crippen molar-refractivity contribution in [2.24, 2.45) is 5.73 Å². The topological polar surface area (TPSA) is 183 Å². The number of fused-ring (bicyclic) bond motifs is 1. The van der Waals surface area contributed by atoms with Gasteiger partial charge in [0.25, 0.3) is 0 Å². The van der Waals surface area contributed by atoms with Crippen LogP contribution in [0.5, 0.6) is 0 Å². The van der Waals surface area contributed by atoms with Gasteiger partial charge in [0, 0.05) is 17.0 Å². The Labute approximate surface area is 187 Å². The molecule has 1 saturated heterocycles. The number of carboxylic acid groups (broad SMARTS) is 1. The number of amides is 1. The van der Waals surface area contributed by atoms with E-state index >= 15 is 0 Å². The zero-order valence-corrected chi connectivity index (χ0v) is 18.2. The van der Waals surface area contributed by atoms with Crippen molar-refractivity contribution >= 4 is 40.8 Å². The fraction of sp³-hybridized carbons (Fsp3) is 0.526. The minimum Gasteiger partial charge on any atom is -0.479 e. The molecule has 4 rings (SSSR count). The molecule has 6 N–H and O–H groups in total. The summed E-state index contributed by atoms with van der Waals surface area (Å²) in [4.78, 5) is 37.9. The van der Waals surface area contributed by atoms with E-state index in [1.807, 2.05) is 0 Å². The van der Waals surface area contributed by atoms with Gasteiger partial charge in [0.05, 0.1) is 6.33 Å². The molecular formula is C19H25N7O5S. The van der Waals surface area contributed by atoms with Gasteiger partial charge in [-0.05, 0) is 37.6 Å². The maximum atomic E-state index is 12.9. The predicted molar refractivity (Wildman–Crippen MR) is 115 cm³/mol. The first-order valence-electron chi connectivity index (χ1n) is 10.3. The number of rotatable bonds is 6. The third-order valence-corrected chi connectivity index (χ3v) is 6.96. The first-order chi connectivity index (χ1) is 15.3. The number of aromatic nitrogens is 4. The molecule has 12 nitrogen and oxygen atoms in total. The Morgan fingerprint density at radius 2 is 2.03 bits per heavy atom. The molecule has 1 aliphatic carbocycles. The van der Waals surface area contributed by atoms with Crippen LogP contribution in [-0.2, 0) is 14.3 Å². The van der Waals surface area contributed by atoms with E-state index in [-0.39, 0.29) is 23.8 Å². The van der Waals surface area contributed by atoms with E-state index in [0.717, 1.165) is 29.7 Å². The number of nitrogens with two attached hydrogens (primary N) is 2. The molecule has 1 fully saturated rings. The Morgan fingerprint density at radius 1 is 1.28 bits per heavy atom. The van der Waals surface area contributed by atoms with Gasteiger partial charge in [-0.1, -0.05) is 6.92 Å². The summed E-state index contributed by atoms with van der Waals surface area (Å²) in [5.74, 6) is -1.48. The van der Waals surface area contributed by atoms with E-state index in [1.165, 1.54) is 21.5 Å². The van der Waals surface area contributed by atoms with Crippen molar-refractivity contribution in [1.29, 1.82) is 0 Å². The standard InChI is InChI=1S/C19H25N7O5S/c1-2-11(27)26(32-10-6-4-3-5-9(10)20)13-14(28)18(31-15(13)19(29)30)25-8-24-12-16(21)22-7-23-17(12)25/h7-8,13-15,18,28H,2-6,20H2,1H3,(H,29,30)(H2,21,22,23). The molecule has 2 aromatic heterocycles. The number of aliphatic carboxylic acids is 1. The van der Waals surface area contributed by atoms with E-state index in [1.54, 1.807) is 6.92 Å². The number of carbonyl (C=O) groups excluding carboxylic acids is 1. The molecule has 2 aromatic rings. The number of anilines is 1. The Bertz CT molecular complexity index is 1070. The molecule has 1 amide bonds. The highest BCUT2D eigenvalue weighted by Gasteiger charge is 2.53. The lowest BCUT2D eigenvalue weighted by atomic mass is 10.1. The number of carboxylic acids is 1. The molecule has 1 aliphatic heterocycles. The number of ether oxygens (including phenoxy) is 1. The first-order valence-corrected chi connectivity index (χ1v) is 11.1. The zero-order valence-electron chi connectivity index (χ0n) is 17.4. The second-order valence-electron chi connectivity index (χ2n) is 7.67. The number of aliphatic hydroxyl groups is 1. The number of hydrogen-bond acceptors (Lipinski definition) is 10. The number of hydrogen-bond donors (Lipinski definition) is 4. The van der Waals surface area contributed by atoms with Crippen LogP contribution in [0.25, 0.3) is 11.2 Å². The normalized spacial score (nSPS) is 25.9. The van der Waals surface area contributed by atoms with Crippen molar-refractivity contribution in [3.63, 3.8) is 0 Å². The number of carbonyl (C=O) groups is 2. The Hall–Kier alpha value is -2.90. The summed E-state index contributed by atoms with van der Waals surface area (Å²) in [6, 6.07) is -1.16. The molecule has 32 heavy (non-hydrogen) atoms. The molecule has 2 aliphatic rings. The summed E-state index contributed by atoms with van der Waals surface area (Å²) in [6.45, 7) is 1.67. The molecule has 3 heterocycles. The zero-order chi connectivity index (χ0) is 23.0. The molecule has 172 valence electrons. The summed E-state index contributed by atoms with van der Waals surface area (Å²) < 4.78 is 8.46. The highest BCUT2D eigenvalue weighted by atomic mass is 32.2. The highest BCUT2D eigenvalue weighted by molar-refractivity contribution is 8.01. The molecule has 13 heteroatoms. The van der Waals surface area contributed by atoms with Crippen molar-refractivity contribution in [2.45, 2.75) is 63.5 Å². The van der Waals surface area contributed by atoms with Gasteiger partial charge in [-0.15, -0.1) is 0 Å². The number of aliphatic hydroxyl groups excluding tert-OH is 1. The molecule has 0 saturated carbocycles. The monoisotopic (exact) mass is 463 g/mol. The maximum Gasteiger partial charge on any atom is 0.335 e. The van der Waals surface area contributed by atoms with Gasteiger partial charge in [-0.2, -0.15) is 0 Å². The van der Waals surface area contributed by atoms with Crippen molar-refractivity contribution in [1.82, 2.24) is 23.8 Å². The SMILES string of the molecule is CCC(=O)N(SC1=C(N)CCCC1)C1C(C(=O)O)OC(n2cnc3c(N)ncnc32)C1O. The van der Waals surface area contributed by atoms with Crippen LogP contribution >= 0.6 is 11.9 Å². The fourth-order valence-electron chi connectivity index (χ4n) is 3.97. The van der Waals surface area contributed by atoms with Crippen LogP contribution in [0.2, 0.25) is 0 Å². The van der Waals surface area contributed by atoms with Crippen molar-refractivity contribution < 1.29 is 24.5 Å². The van der Waals surface area contributed by atoms with Crippen molar-refractivity contribution in [3.8, 4) is 0 Å². The minimum atomic E-state index is -1.47. The van der Waals surface area contributed by atoms with Gasteiger partial charge in [-0.3, -0.25) is 13.7 Å². The number of nitrogens with zero attached hydrogens (tertiary/aromatic N) is 5. The molecule has 4 unspecified atom stereocenters. The summed E-state index contributed by atoms with van der Waals surface area (Å²) >= 11 is 1.10. The Balaban J connectivity index is 1.72. The first kappa shape index (κ1) is 22.3. The van der Waals surface area contributed by atoms with E-state index in [4.69, 9.17) is 16.2 Å². The molecular weight excluding hydrogens is 438 g/mol. The van der Waals surface area contributed by atoms with E-state index in [2.05, 4.69) is 15.0 Å². The van der Waals surface area contributed by atoms with Crippen LogP contribution in [0, 0.1) is 0 Å². The van der Waals surface area contributed by atoms with Crippen LogP contribution in [-0.4, -0.2) is 64.2 Å². The number of allylic oxidation sites excluding steroid dienone is 2. The van der Waals surface area contributed by atoms with Crippen LogP contribution < -0.4 is 11.5 Å². The Morgan fingerprint density at radius 3 is 2.72 bits per heavy atom. The van der Waals surface area contributed by atoms with E-state index < -0.39 is 30.4 Å². The smallest absolute Gasteiger partial charge is 0.335 e. The second kappa shape index (κ2) is 8.92. The van der Waals surface area contributed by atoms with Crippen LogP contribution in [0.1, 0.15) is 45.3 Å². The number of nitrogen functional groups attached to an aromatic ring is 1. The van der Waals surface area contributed by atoms with Gasteiger partial charge >= 0.3 is 5.97 Å². The minimum absolute atomic E-state index is 0.123. The third kappa shape index (κ3) is 3.87. The Kier molecular flexibility index (Phi) is 6.22. The molecule has 4 atom stereocenters.